The van der Waals surface area contributed by atoms with Crippen molar-refractivity contribution in [2.75, 3.05) is 6.54 Å². The van der Waals surface area contributed by atoms with Crippen LogP contribution in [0.3, 0.4) is 0 Å². The van der Waals surface area contributed by atoms with E-state index >= 15 is 0 Å². The highest BCUT2D eigenvalue weighted by Gasteiger charge is 2.33. The molecule has 2 aromatic carbocycles. The summed E-state index contributed by atoms with van der Waals surface area (Å²) >= 11 is 1.64. The van der Waals surface area contributed by atoms with Gasteiger partial charge in [0.2, 0.25) is 0 Å². The molecule has 2 heterocycles. The minimum Gasteiger partial charge on any atom is -0.445 e. The first kappa shape index (κ1) is 18.6. The highest BCUT2D eigenvalue weighted by atomic mass is 32.2. The molecule has 1 aliphatic rings. The molecule has 1 saturated heterocycles. The second kappa shape index (κ2) is 8.93. The zero-order valence-electron chi connectivity index (χ0n) is 15.5. The maximum Gasteiger partial charge on any atom is 0.410 e. The van der Waals surface area contributed by atoms with E-state index < -0.39 is 0 Å². The molecule has 4 rings (SSSR count). The Morgan fingerprint density at radius 3 is 2.57 bits per heavy atom. The van der Waals surface area contributed by atoms with Crippen molar-refractivity contribution >= 4 is 17.9 Å². The Labute approximate surface area is 169 Å². The lowest BCUT2D eigenvalue weighted by Gasteiger charge is -2.25. The number of ether oxygens (including phenoxy) is 1. The Bertz CT molecular complexity index is 918. The van der Waals surface area contributed by atoms with Gasteiger partial charge in [0.15, 0.2) is 0 Å². The van der Waals surface area contributed by atoms with Gasteiger partial charge in [-0.15, -0.1) is 0 Å². The maximum atomic E-state index is 12.7. The molecule has 0 unspecified atom stereocenters. The first-order valence-electron chi connectivity index (χ1n) is 9.46. The summed E-state index contributed by atoms with van der Waals surface area (Å²) in [5.74, 6) is 0. The highest BCUT2D eigenvalue weighted by Crippen LogP contribution is 2.38. The van der Waals surface area contributed by atoms with Crippen molar-refractivity contribution in [3.63, 3.8) is 0 Å². The first-order chi connectivity index (χ1) is 13.8. The average molecular weight is 391 g/mol. The number of nitrogens with zero attached hydrogens (tertiary/aromatic N) is 2. The van der Waals surface area contributed by atoms with Gasteiger partial charge in [0.05, 0.1) is 6.04 Å². The molecule has 0 radical (unpaired) electrons. The normalized spacial score (nSPS) is 16.1. The number of hydrogen-bond acceptors (Lipinski definition) is 4. The van der Waals surface area contributed by atoms with Crippen LogP contribution in [0.4, 0.5) is 4.79 Å². The molecule has 1 aromatic heterocycles. The Kier molecular flexibility index (Phi) is 5.92. The number of amides is 1. The van der Waals surface area contributed by atoms with Gasteiger partial charge in [0.1, 0.15) is 11.6 Å². The van der Waals surface area contributed by atoms with E-state index in [0.29, 0.717) is 13.2 Å². The van der Waals surface area contributed by atoms with Crippen LogP contribution in [0.25, 0.3) is 0 Å². The molecule has 28 heavy (non-hydrogen) atoms. The summed E-state index contributed by atoms with van der Waals surface area (Å²) in [6.07, 6.45) is 3.44. The van der Waals surface area contributed by atoms with Crippen LogP contribution in [0.5, 0.6) is 0 Å². The van der Waals surface area contributed by atoms with Crippen molar-refractivity contribution in [3.05, 3.63) is 90.1 Å². The van der Waals surface area contributed by atoms with Crippen molar-refractivity contribution in [3.8, 4) is 0 Å². The number of likely N-dealkylation sites (tertiary alicyclic amines) is 1. The lowest BCUT2D eigenvalue weighted by molar-refractivity contribution is 0.0916. The van der Waals surface area contributed by atoms with E-state index in [1.165, 1.54) is 0 Å². The first-order valence-corrected chi connectivity index (χ1v) is 10.3. The van der Waals surface area contributed by atoms with Crippen LogP contribution in [0, 0.1) is 0 Å². The summed E-state index contributed by atoms with van der Waals surface area (Å²) in [6, 6.07) is 24.0. The monoisotopic (exact) mass is 390 g/mol. The molecule has 3 aromatic rings. The lowest BCUT2D eigenvalue weighted by Crippen LogP contribution is -2.31. The zero-order chi connectivity index (χ0) is 19.2. The fourth-order valence-electron chi connectivity index (χ4n) is 3.45. The average Bonchev–Trinajstić information content (AvgIpc) is 3.24. The Morgan fingerprint density at radius 1 is 1.04 bits per heavy atom. The van der Waals surface area contributed by atoms with Gasteiger partial charge in [0, 0.05) is 23.2 Å². The predicted octanol–water partition coefficient (Wildman–Crippen LogP) is 5.71. The van der Waals surface area contributed by atoms with Crippen LogP contribution < -0.4 is 0 Å². The zero-order valence-corrected chi connectivity index (χ0v) is 16.3. The molecular formula is C23H22N2O2S. The molecule has 0 bridgehead atoms. The minimum absolute atomic E-state index is 0.00295. The van der Waals surface area contributed by atoms with Crippen LogP contribution in [0.15, 0.2) is 88.9 Å². The number of rotatable bonds is 5. The molecule has 0 spiro atoms. The Morgan fingerprint density at radius 2 is 1.79 bits per heavy atom. The largest absolute Gasteiger partial charge is 0.445 e. The van der Waals surface area contributed by atoms with Crippen LogP contribution >= 0.6 is 11.8 Å². The number of hydrogen-bond donors (Lipinski definition) is 0. The fourth-order valence-corrected chi connectivity index (χ4v) is 4.41. The van der Waals surface area contributed by atoms with Gasteiger partial charge in [-0.3, -0.25) is 0 Å². The topological polar surface area (TPSA) is 42.4 Å². The molecule has 1 amide bonds. The molecule has 1 fully saturated rings. The summed E-state index contributed by atoms with van der Waals surface area (Å²) in [7, 11) is 0. The molecule has 1 aliphatic heterocycles. The number of aromatic nitrogens is 1. The number of carbonyl (C=O) groups excluding carboxylic acids is 1. The molecule has 4 nitrogen and oxygen atoms in total. The third kappa shape index (κ3) is 4.37. The summed E-state index contributed by atoms with van der Waals surface area (Å²) in [5.41, 5.74) is 2.08. The van der Waals surface area contributed by atoms with Crippen LogP contribution in [0.2, 0.25) is 0 Å². The van der Waals surface area contributed by atoms with Gasteiger partial charge in [0.25, 0.3) is 0 Å². The molecule has 0 aliphatic carbocycles. The summed E-state index contributed by atoms with van der Waals surface area (Å²) in [6.45, 7) is 1.00. The Balaban J connectivity index is 1.49. The SMILES string of the molecule is O=C(OCc1ccccc1)N1CCC[C@H]1c1cccnc1Sc1ccccc1. The molecule has 0 N–H and O–H groups in total. The number of carbonyl (C=O) groups is 1. The van der Waals surface area contributed by atoms with Gasteiger partial charge in [-0.1, -0.05) is 66.4 Å². The molecular weight excluding hydrogens is 368 g/mol. The standard InChI is InChI=1S/C23H22N2O2S/c26-23(27-17-18-9-3-1-4-10-18)25-16-8-14-21(25)20-13-7-15-24-22(20)28-19-11-5-2-6-12-19/h1-7,9-13,15,21H,8,14,16-17H2/t21-/m0/s1. The van der Waals surface area contributed by atoms with Crippen LogP contribution in [-0.4, -0.2) is 22.5 Å². The van der Waals surface area contributed by atoms with E-state index in [1.54, 1.807) is 11.8 Å². The quantitative estimate of drug-likeness (QED) is 0.560. The summed E-state index contributed by atoms with van der Waals surface area (Å²) in [5, 5.41) is 0.946. The third-order valence-corrected chi connectivity index (χ3v) is 5.85. The van der Waals surface area contributed by atoms with Gasteiger partial charge in [-0.2, -0.15) is 0 Å². The second-order valence-electron chi connectivity index (χ2n) is 6.70. The molecule has 1 atom stereocenters. The summed E-state index contributed by atoms with van der Waals surface area (Å²) < 4.78 is 5.58. The van der Waals surface area contributed by atoms with Gasteiger partial charge in [-0.05, 0) is 36.6 Å². The lowest BCUT2D eigenvalue weighted by atomic mass is 10.1. The van der Waals surface area contributed by atoms with E-state index in [9.17, 15) is 4.79 Å². The molecule has 142 valence electrons. The van der Waals surface area contributed by atoms with Crippen molar-refractivity contribution in [1.82, 2.24) is 9.88 Å². The van der Waals surface area contributed by atoms with Crippen molar-refractivity contribution in [2.24, 2.45) is 0 Å². The van der Waals surface area contributed by atoms with Crippen LogP contribution in [-0.2, 0) is 11.3 Å². The summed E-state index contributed by atoms with van der Waals surface area (Å²) in [4.78, 5) is 20.3. The minimum atomic E-state index is -0.258. The van der Waals surface area contributed by atoms with Crippen LogP contribution in [0.1, 0.15) is 30.0 Å². The molecule has 5 heteroatoms. The third-order valence-electron chi connectivity index (χ3n) is 4.81. The molecule has 0 saturated carbocycles. The van der Waals surface area contributed by atoms with Crippen molar-refractivity contribution in [2.45, 2.75) is 35.4 Å². The van der Waals surface area contributed by atoms with E-state index in [2.05, 4.69) is 23.2 Å². The van der Waals surface area contributed by atoms with Crippen molar-refractivity contribution in [1.29, 1.82) is 0 Å². The van der Waals surface area contributed by atoms with E-state index in [0.717, 1.165) is 33.9 Å². The fraction of sp³-hybridized carbons (Fsp3) is 0.217. The maximum absolute atomic E-state index is 12.7. The smallest absolute Gasteiger partial charge is 0.410 e. The second-order valence-corrected chi connectivity index (χ2v) is 7.77. The predicted molar refractivity (Wildman–Crippen MR) is 110 cm³/mol. The van der Waals surface area contributed by atoms with Crippen molar-refractivity contribution < 1.29 is 9.53 Å². The van der Waals surface area contributed by atoms with E-state index in [-0.39, 0.29) is 12.1 Å². The Hall–Kier alpha value is -2.79. The van der Waals surface area contributed by atoms with E-state index in [4.69, 9.17) is 4.74 Å². The van der Waals surface area contributed by atoms with E-state index in [1.807, 2.05) is 65.7 Å². The van der Waals surface area contributed by atoms with Gasteiger partial charge in [-0.25, -0.2) is 9.78 Å². The van der Waals surface area contributed by atoms with Gasteiger partial charge < -0.3 is 9.64 Å². The highest BCUT2D eigenvalue weighted by molar-refractivity contribution is 7.99. The number of benzene rings is 2. The van der Waals surface area contributed by atoms with Gasteiger partial charge >= 0.3 is 6.09 Å². The number of pyridine rings is 1.